The number of nitrogens with one attached hydrogen (secondary N) is 1. The van der Waals surface area contributed by atoms with Crippen molar-refractivity contribution in [3.05, 3.63) is 0 Å². The van der Waals surface area contributed by atoms with Gasteiger partial charge in [0.15, 0.2) is 0 Å². The minimum absolute atomic E-state index is 0.0201. The standard InChI is InChI=1S/C12H16F5NO/c1-6(9-5-7-2-3-8(9)4-7)18-10(19)11(13,14)12(15,16)17/h6-9H,2-5H2,1H3,(H,18,19). The van der Waals surface area contributed by atoms with E-state index in [-0.39, 0.29) is 5.92 Å². The van der Waals surface area contributed by atoms with Gasteiger partial charge in [-0.25, -0.2) is 0 Å². The Kier molecular flexibility index (Phi) is 3.51. The van der Waals surface area contributed by atoms with Crippen LogP contribution in [0.2, 0.25) is 0 Å². The van der Waals surface area contributed by atoms with Crippen LogP contribution >= 0.6 is 0 Å². The summed E-state index contributed by atoms with van der Waals surface area (Å²) < 4.78 is 61.8. The molecule has 0 saturated heterocycles. The summed E-state index contributed by atoms with van der Waals surface area (Å²) >= 11 is 0. The molecular formula is C12H16F5NO. The number of hydrogen-bond acceptors (Lipinski definition) is 1. The molecule has 2 rings (SSSR count). The normalized spacial score (nSPS) is 32.4. The Hall–Kier alpha value is -0.880. The molecule has 0 spiro atoms. The first-order chi connectivity index (χ1) is 8.63. The number of carbonyl (C=O) groups excluding carboxylic acids is 1. The molecule has 110 valence electrons. The van der Waals surface area contributed by atoms with Crippen molar-refractivity contribution in [2.45, 2.75) is 50.7 Å². The fourth-order valence-corrected chi connectivity index (χ4v) is 3.44. The lowest BCUT2D eigenvalue weighted by molar-refractivity contribution is -0.270. The van der Waals surface area contributed by atoms with Crippen LogP contribution in [0.25, 0.3) is 0 Å². The van der Waals surface area contributed by atoms with E-state index < -0.39 is 24.0 Å². The van der Waals surface area contributed by atoms with Crippen LogP contribution in [0.4, 0.5) is 22.0 Å². The average molecular weight is 285 g/mol. The highest BCUT2D eigenvalue weighted by Crippen LogP contribution is 2.49. The summed E-state index contributed by atoms with van der Waals surface area (Å²) in [5.41, 5.74) is 0. The number of fused-ring (bicyclic) bond motifs is 2. The summed E-state index contributed by atoms with van der Waals surface area (Å²) in [4.78, 5) is 11.1. The van der Waals surface area contributed by atoms with Crippen molar-refractivity contribution in [1.82, 2.24) is 5.32 Å². The molecule has 2 saturated carbocycles. The first-order valence-corrected chi connectivity index (χ1v) is 6.38. The SMILES string of the molecule is CC(NC(=O)C(F)(F)C(F)(F)F)C1CC2CCC1C2. The van der Waals surface area contributed by atoms with Gasteiger partial charge >= 0.3 is 18.0 Å². The van der Waals surface area contributed by atoms with Crippen LogP contribution in [0.5, 0.6) is 0 Å². The maximum atomic E-state index is 12.8. The van der Waals surface area contributed by atoms with E-state index in [1.54, 1.807) is 0 Å². The van der Waals surface area contributed by atoms with E-state index in [1.165, 1.54) is 6.92 Å². The lowest BCUT2D eigenvalue weighted by Gasteiger charge is -2.30. The van der Waals surface area contributed by atoms with Crippen molar-refractivity contribution < 1.29 is 26.7 Å². The smallest absolute Gasteiger partial charge is 0.348 e. The van der Waals surface area contributed by atoms with E-state index in [0.717, 1.165) is 25.7 Å². The van der Waals surface area contributed by atoms with Gasteiger partial charge < -0.3 is 5.32 Å². The zero-order chi connectivity index (χ0) is 14.4. The van der Waals surface area contributed by atoms with Crippen LogP contribution in [-0.4, -0.2) is 24.0 Å². The van der Waals surface area contributed by atoms with E-state index >= 15 is 0 Å². The minimum atomic E-state index is -5.84. The molecule has 2 aliphatic carbocycles. The molecular weight excluding hydrogens is 269 g/mol. The number of hydrogen-bond donors (Lipinski definition) is 1. The lowest BCUT2D eigenvalue weighted by atomic mass is 9.84. The van der Waals surface area contributed by atoms with Gasteiger partial charge in [0, 0.05) is 6.04 Å². The number of alkyl halides is 5. The number of halogens is 5. The molecule has 0 aromatic rings. The quantitative estimate of drug-likeness (QED) is 0.793. The van der Waals surface area contributed by atoms with E-state index in [1.807, 2.05) is 5.32 Å². The first kappa shape index (κ1) is 14.5. The molecule has 1 amide bonds. The molecule has 7 heteroatoms. The Morgan fingerprint density at radius 1 is 1.16 bits per heavy atom. The van der Waals surface area contributed by atoms with Gasteiger partial charge in [-0.2, -0.15) is 22.0 Å². The van der Waals surface area contributed by atoms with Crippen LogP contribution in [0.1, 0.15) is 32.6 Å². The second kappa shape index (κ2) is 4.59. The average Bonchev–Trinajstić information content (AvgIpc) is 2.88. The predicted octanol–water partition coefficient (Wildman–Crippen LogP) is 3.12. The lowest BCUT2D eigenvalue weighted by Crippen LogP contribution is -2.54. The molecule has 0 aromatic carbocycles. The van der Waals surface area contributed by atoms with Crippen molar-refractivity contribution in [2.24, 2.45) is 17.8 Å². The molecule has 2 nitrogen and oxygen atoms in total. The number of amides is 1. The number of carbonyl (C=O) groups is 1. The van der Waals surface area contributed by atoms with Crippen LogP contribution in [0.15, 0.2) is 0 Å². The minimum Gasteiger partial charge on any atom is -0.348 e. The maximum absolute atomic E-state index is 12.8. The molecule has 0 radical (unpaired) electrons. The fraction of sp³-hybridized carbons (Fsp3) is 0.917. The molecule has 2 aliphatic rings. The van der Waals surface area contributed by atoms with Gasteiger partial charge in [-0.1, -0.05) is 6.42 Å². The summed E-state index contributed by atoms with van der Waals surface area (Å²) in [6.45, 7) is 1.51. The third-order valence-electron chi connectivity index (χ3n) is 4.43. The second-order valence-electron chi connectivity index (χ2n) is 5.67. The Bertz CT molecular complexity index is 368. The molecule has 2 bridgehead atoms. The van der Waals surface area contributed by atoms with Crippen molar-refractivity contribution in [3.8, 4) is 0 Å². The van der Waals surface area contributed by atoms with Crippen molar-refractivity contribution in [1.29, 1.82) is 0 Å². The zero-order valence-corrected chi connectivity index (χ0v) is 10.4. The third-order valence-corrected chi connectivity index (χ3v) is 4.43. The van der Waals surface area contributed by atoms with Crippen LogP contribution in [0.3, 0.4) is 0 Å². The Morgan fingerprint density at radius 3 is 2.21 bits per heavy atom. The summed E-state index contributed by atoms with van der Waals surface area (Å²) in [5.74, 6) is -6.65. The van der Waals surface area contributed by atoms with E-state index in [2.05, 4.69) is 0 Å². The largest absolute Gasteiger partial charge is 0.463 e. The van der Waals surface area contributed by atoms with Crippen molar-refractivity contribution >= 4 is 5.91 Å². The highest BCUT2D eigenvalue weighted by molar-refractivity contribution is 5.84. The van der Waals surface area contributed by atoms with E-state index in [9.17, 15) is 26.7 Å². The second-order valence-corrected chi connectivity index (χ2v) is 5.67. The zero-order valence-electron chi connectivity index (χ0n) is 10.4. The van der Waals surface area contributed by atoms with Gasteiger partial charge in [0.25, 0.3) is 0 Å². The Morgan fingerprint density at radius 2 is 1.79 bits per heavy atom. The summed E-state index contributed by atoms with van der Waals surface area (Å²) in [5, 5.41) is 1.84. The Labute approximate surface area is 107 Å². The molecule has 0 heterocycles. The van der Waals surface area contributed by atoms with Crippen molar-refractivity contribution in [3.63, 3.8) is 0 Å². The molecule has 4 unspecified atom stereocenters. The van der Waals surface area contributed by atoms with Crippen LogP contribution in [0, 0.1) is 17.8 Å². The summed E-state index contributed by atoms with van der Waals surface area (Å²) in [6, 6.07) is -0.643. The van der Waals surface area contributed by atoms with Gasteiger partial charge in [-0.3, -0.25) is 4.79 Å². The van der Waals surface area contributed by atoms with Gasteiger partial charge in [-0.15, -0.1) is 0 Å². The topological polar surface area (TPSA) is 29.1 Å². The Balaban J connectivity index is 1.96. The molecule has 1 N–H and O–H groups in total. The van der Waals surface area contributed by atoms with Gasteiger partial charge in [0.2, 0.25) is 0 Å². The van der Waals surface area contributed by atoms with Gasteiger partial charge in [0.05, 0.1) is 0 Å². The van der Waals surface area contributed by atoms with Crippen LogP contribution < -0.4 is 5.32 Å². The monoisotopic (exact) mass is 285 g/mol. The summed E-state index contributed by atoms with van der Waals surface area (Å²) in [6.07, 6.45) is -1.96. The first-order valence-electron chi connectivity index (χ1n) is 6.38. The molecule has 0 aromatic heterocycles. The predicted molar refractivity (Wildman–Crippen MR) is 57.5 cm³/mol. The third kappa shape index (κ3) is 2.56. The fourth-order valence-electron chi connectivity index (χ4n) is 3.44. The molecule has 2 fully saturated rings. The van der Waals surface area contributed by atoms with Gasteiger partial charge in [-0.05, 0) is 43.9 Å². The highest BCUT2D eigenvalue weighted by atomic mass is 19.4. The maximum Gasteiger partial charge on any atom is 0.463 e. The summed E-state index contributed by atoms with van der Waals surface area (Å²) in [7, 11) is 0. The van der Waals surface area contributed by atoms with Crippen LogP contribution in [-0.2, 0) is 4.79 Å². The van der Waals surface area contributed by atoms with Gasteiger partial charge in [0.1, 0.15) is 0 Å². The highest BCUT2D eigenvalue weighted by Gasteiger charge is 2.63. The number of rotatable bonds is 3. The van der Waals surface area contributed by atoms with Crippen molar-refractivity contribution in [2.75, 3.05) is 0 Å². The van der Waals surface area contributed by atoms with E-state index in [4.69, 9.17) is 0 Å². The molecule has 19 heavy (non-hydrogen) atoms. The molecule has 4 atom stereocenters. The van der Waals surface area contributed by atoms with E-state index in [0.29, 0.717) is 11.8 Å². The molecule has 0 aliphatic heterocycles.